The molecule has 0 spiro atoms. The SMILES string of the molecule is COc1ccc(/C=C2/CCC[C@@H]3C2=NN(C(=O)c2ccco2)[C@@H]3c2ccc(OC)cc2)cc1. The van der Waals surface area contributed by atoms with E-state index in [9.17, 15) is 4.79 Å². The molecule has 2 aliphatic rings. The third-order valence-corrected chi connectivity index (χ3v) is 6.36. The van der Waals surface area contributed by atoms with E-state index in [1.54, 1.807) is 31.4 Å². The van der Waals surface area contributed by atoms with E-state index in [4.69, 9.17) is 19.0 Å². The van der Waals surface area contributed by atoms with E-state index in [0.29, 0.717) is 0 Å². The molecule has 1 aromatic heterocycles. The van der Waals surface area contributed by atoms with Gasteiger partial charge in [0.2, 0.25) is 0 Å². The topological polar surface area (TPSA) is 64.3 Å². The second-order valence-electron chi connectivity index (χ2n) is 8.27. The van der Waals surface area contributed by atoms with Crippen molar-refractivity contribution in [1.29, 1.82) is 0 Å². The number of hydrogen-bond donors (Lipinski definition) is 0. The van der Waals surface area contributed by atoms with Gasteiger partial charge in [0, 0.05) is 5.92 Å². The molecule has 0 unspecified atom stereocenters. The molecule has 1 aliphatic heterocycles. The Kier molecular flexibility index (Phi) is 5.73. The molecule has 5 rings (SSSR count). The van der Waals surface area contributed by atoms with Crippen LogP contribution in [0.15, 0.2) is 82.0 Å². The van der Waals surface area contributed by atoms with Crippen LogP contribution in [0.3, 0.4) is 0 Å². The van der Waals surface area contributed by atoms with Gasteiger partial charge in [-0.1, -0.05) is 24.3 Å². The molecule has 6 nitrogen and oxygen atoms in total. The molecule has 2 atom stereocenters. The van der Waals surface area contributed by atoms with Crippen LogP contribution in [0.25, 0.3) is 6.08 Å². The Bertz CT molecular complexity index is 1180. The minimum absolute atomic E-state index is 0.121. The zero-order valence-electron chi connectivity index (χ0n) is 18.7. The van der Waals surface area contributed by atoms with Crippen molar-refractivity contribution in [3.8, 4) is 11.5 Å². The lowest BCUT2D eigenvalue weighted by Gasteiger charge is -2.29. The van der Waals surface area contributed by atoms with Gasteiger partial charge in [-0.15, -0.1) is 0 Å². The molecular weight excluding hydrogens is 416 g/mol. The highest BCUT2D eigenvalue weighted by Crippen LogP contribution is 2.45. The van der Waals surface area contributed by atoms with E-state index >= 15 is 0 Å². The molecule has 0 saturated heterocycles. The first-order valence-corrected chi connectivity index (χ1v) is 11.1. The van der Waals surface area contributed by atoms with Crippen LogP contribution >= 0.6 is 0 Å². The number of carbonyl (C=O) groups excluding carboxylic acids is 1. The van der Waals surface area contributed by atoms with Crippen molar-refractivity contribution in [3.05, 3.63) is 89.4 Å². The molecule has 3 aromatic rings. The van der Waals surface area contributed by atoms with Gasteiger partial charge in [0.15, 0.2) is 5.76 Å². The number of carbonyl (C=O) groups is 1. The molecule has 1 amide bonds. The highest BCUT2D eigenvalue weighted by atomic mass is 16.5. The lowest BCUT2D eigenvalue weighted by atomic mass is 9.77. The Morgan fingerprint density at radius 2 is 1.73 bits per heavy atom. The third kappa shape index (κ3) is 4.04. The predicted octanol–water partition coefficient (Wildman–Crippen LogP) is 5.73. The van der Waals surface area contributed by atoms with Crippen LogP contribution in [-0.4, -0.2) is 30.8 Å². The fourth-order valence-electron chi connectivity index (χ4n) is 4.72. The quantitative estimate of drug-likeness (QED) is 0.506. The average molecular weight is 443 g/mol. The summed E-state index contributed by atoms with van der Waals surface area (Å²) in [5.74, 6) is 1.79. The van der Waals surface area contributed by atoms with Gasteiger partial charge in [0.05, 0.1) is 32.2 Å². The Hall–Kier alpha value is -3.80. The number of rotatable bonds is 5. The lowest BCUT2D eigenvalue weighted by Crippen LogP contribution is -2.31. The number of hydrazone groups is 1. The summed E-state index contributed by atoms with van der Waals surface area (Å²) in [6.45, 7) is 0. The van der Waals surface area contributed by atoms with Crippen molar-refractivity contribution in [2.75, 3.05) is 14.2 Å². The van der Waals surface area contributed by atoms with Crippen LogP contribution in [0.5, 0.6) is 11.5 Å². The van der Waals surface area contributed by atoms with Crippen molar-refractivity contribution < 1.29 is 18.7 Å². The number of nitrogens with zero attached hydrogens (tertiary/aromatic N) is 2. The Balaban J connectivity index is 1.54. The normalized spacial score (nSPS) is 21.0. The molecular formula is C27H26N2O4. The number of allylic oxidation sites excluding steroid dienone is 1. The first kappa shape index (κ1) is 21.1. The molecule has 1 aliphatic carbocycles. The van der Waals surface area contributed by atoms with Crippen molar-refractivity contribution >= 4 is 17.7 Å². The molecule has 2 heterocycles. The van der Waals surface area contributed by atoms with Crippen LogP contribution in [-0.2, 0) is 0 Å². The number of ether oxygens (including phenoxy) is 2. The van der Waals surface area contributed by atoms with Gasteiger partial charge in [0.1, 0.15) is 11.5 Å². The Morgan fingerprint density at radius 3 is 2.36 bits per heavy atom. The van der Waals surface area contributed by atoms with Gasteiger partial charge >= 0.3 is 5.91 Å². The molecule has 168 valence electrons. The number of furan rings is 1. The van der Waals surface area contributed by atoms with Gasteiger partial charge in [0.25, 0.3) is 0 Å². The second-order valence-corrected chi connectivity index (χ2v) is 8.27. The van der Waals surface area contributed by atoms with E-state index in [-0.39, 0.29) is 23.6 Å². The van der Waals surface area contributed by atoms with Gasteiger partial charge in [-0.3, -0.25) is 4.79 Å². The van der Waals surface area contributed by atoms with Crippen LogP contribution in [0, 0.1) is 5.92 Å². The monoisotopic (exact) mass is 442 g/mol. The highest BCUT2D eigenvalue weighted by molar-refractivity contribution is 6.09. The van der Waals surface area contributed by atoms with Crippen molar-refractivity contribution in [3.63, 3.8) is 0 Å². The Labute approximate surface area is 193 Å². The van der Waals surface area contributed by atoms with Crippen LogP contribution < -0.4 is 9.47 Å². The average Bonchev–Trinajstić information content (AvgIpc) is 3.53. The maximum atomic E-state index is 13.4. The molecule has 33 heavy (non-hydrogen) atoms. The molecule has 1 fully saturated rings. The molecule has 6 heteroatoms. The maximum Gasteiger partial charge on any atom is 0.310 e. The smallest absolute Gasteiger partial charge is 0.310 e. The number of methoxy groups -OCH3 is 2. The summed E-state index contributed by atoms with van der Waals surface area (Å²) in [7, 11) is 3.31. The second kappa shape index (κ2) is 8.98. The summed E-state index contributed by atoms with van der Waals surface area (Å²) in [6.07, 6.45) is 6.63. The fraction of sp³-hybridized carbons (Fsp3) is 0.259. The summed E-state index contributed by atoms with van der Waals surface area (Å²) < 4.78 is 16.0. The minimum atomic E-state index is -0.230. The molecule has 2 aromatic carbocycles. The molecule has 0 radical (unpaired) electrons. The zero-order chi connectivity index (χ0) is 22.8. The van der Waals surface area contributed by atoms with Gasteiger partial charge in [-0.25, -0.2) is 5.01 Å². The van der Waals surface area contributed by atoms with Crippen molar-refractivity contribution in [1.82, 2.24) is 5.01 Å². The fourth-order valence-corrected chi connectivity index (χ4v) is 4.72. The third-order valence-electron chi connectivity index (χ3n) is 6.36. The van der Waals surface area contributed by atoms with Gasteiger partial charge < -0.3 is 13.9 Å². The summed E-state index contributed by atoms with van der Waals surface area (Å²) in [4.78, 5) is 13.4. The van der Waals surface area contributed by atoms with Crippen molar-refractivity contribution in [2.45, 2.75) is 25.3 Å². The minimum Gasteiger partial charge on any atom is -0.497 e. The largest absolute Gasteiger partial charge is 0.497 e. The number of amides is 1. The van der Waals surface area contributed by atoms with E-state index in [1.807, 2.05) is 48.5 Å². The van der Waals surface area contributed by atoms with E-state index in [2.05, 4.69) is 6.08 Å². The summed E-state index contributed by atoms with van der Waals surface area (Å²) in [5.41, 5.74) is 4.28. The van der Waals surface area contributed by atoms with Gasteiger partial charge in [-0.05, 0) is 78.4 Å². The van der Waals surface area contributed by atoms with Gasteiger partial charge in [-0.2, -0.15) is 5.10 Å². The number of hydrogen-bond acceptors (Lipinski definition) is 5. The highest BCUT2D eigenvalue weighted by Gasteiger charge is 2.44. The molecule has 0 bridgehead atoms. The first-order valence-electron chi connectivity index (χ1n) is 11.1. The van der Waals surface area contributed by atoms with Crippen molar-refractivity contribution in [2.24, 2.45) is 11.0 Å². The Morgan fingerprint density at radius 1 is 1.03 bits per heavy atom. The summed E-state index contributed by atoms with van der Waals surface area (Å²) in [6, 6.07) is 19.1. The summed E-state index contributed by atoms with van der Waals surface area (Å²) in [5, 5.41) is 6.50. The zero-order valence-corrected chi connectivity index (χ0v) is 18.7. The standard InChI is InChI=1S/C27H26N2O4/c1-31-21-12-8-18(9-13-21)17-20-5-3-6-23-25(20)28-29(27(30)24-7-4-16-33-24)26(23)19-10-14-22(32-2)15-11-19/h4,7-17,23,26H,3,5-6H2,1-2H3/b20-17-/t23-,26-/m1/s1. The van der Waals surface area contributed by atoms with Crippen LogP contribution in [0.1, 0.15) is 47.0 Å². The number of benzene rings is 2. The maximum absolute atomic E-state index is 13.4. The van der Waals surface area contributed by atoms with Crippen LogP contribution in [0.4, 0.5) is 0 Å². The van der Waals surface area contributed by atoms with Crippen LogP contribution in [0.2, 0.25) is 0 Å². The summed E-state index contributed by atoms with van der Waals surface area (Å²) >= 11 is 0. The lowest BCUT2D eigenvalue weighted by molar-refractivity contribution is 0.0648. The molecule has 0 N–H and O–H groups in total. The first-order chi connectivity index (χ1) is 16.2. The number of fused-ring (bicyclic) bond motifs is 1. The van der Waals surface area contributed by atoms with E-state index in [1.165, 1.54) is 11.8 Å². The predicted molar refractivity (Wildman–Crippen MR) is 126 cm³/mol. The van der Waals surface area contributed by atoms with E-state index < -0.39 is 0 Å². The molecule has 1 saturated carbocycles. The van der Waals surface area contributed by atoms with E-state index in [0.717, 1.165) is 47.6 Å².